The van der Waals surface area contributed by atoms with Gasteiger partial charge in [-0.3, -0.25) is 15.1 Å². The Kier molecular flexibility index (Phi) is 5.71. The van der Waals surface area contributed by atoms with Crippen molar-refractivity contribution in [1.29, 1.82) is 0 Å². The molecule has 3 aromatic rings. The second-order valence-electron chi connectivity index (χ2n) is 6.74. The average molecular weight is 417 g/mol. The number of rotatable bonds is 7. The first kappa shape index (κ1) is 20.6. The number of nitrogens with one attached hydrogen (secondary N) is 1. The number of pyridine rings is 1. The van der Waals surface area contributed by atoms with E-state index in [1.54, 1.807) is 24.5 Å². The zero-order valence-corrected chi connectivity index (χ0v) is 16.8. The van der Waals surface area contributed by atoms with Crippen molar-refractivity contribution in [3.63, 3.8) is 0 Å². The van der Waals surface area contributed by atoms with Crippen molar-refractivity contribution in [2.24, 2.45) is 5.92 Å². The summed E-state index contributed by atoms with van der Waals surface area (Å²) < 4.78 is 33.7. The Hall–Kier alpha value is -3.18. The van der Waals surface area contributed by atoms with Crippen molar-refractivity contribution in [3.8, 4) is 11.4 Å². The molecule has 0 saturated carbocycles. The Labute approximate surface area is 167 Å². The number of benzene rings is 1. The minimum atomic E-state index is -3.99. The third kappa shape index (κ3) is 4.46. The van der Waals surface area contributed by atoms with E-state index in [1.165, 1.54) is 19.1 Å². The number of non-ortho nitro benzene ring substituents is 1. The predicted molar refractivity (Wildman–Crippen MR) is 103 cm³/mol. The van der Waals surface area contributed by atoms with Crippen LogP contribution in [0, 0.1) is 23.0 Å². The summed E-state index contributed by atoms with van der Waals surface area (Å²) in [6, 6.07) is 6.22. The lowest BCUT2D eigenvalue weighted by Crippen LogP contribution is -2.32. The van der Waals surface area contributed by atoms with Gasteiger partial charge in [-0.2, -0.15) is 9.71 Å². The molecule has 0 saturated heterocycles. The molecule has 1 atom stereocenters. The standard InChI is InChI=1S/C18H19N5O5S/c1-11(2)16(18-20-17(21-28-18)13-6-8-19-9-7-13)22-29(26,27)15-5-4-14(23(24)25)10-12(15)3/h4-11,16,22H,1-3H3. The minimum Gasteiger partial charge on any atom is -0.337 e. The van der Waals surface area contributed by atoms with Crippen LogP contribution in [0.2, 0.25) is 0 Å². The Morgan fingerprint density at radius 1 is 1.17 bits per heavy atom. The van der Waals surface area contributed by atoms with Crippen LogP contribution in [0.5, 0.6) is 0 Å². The van der Waals surface area contributed by atoms with Gasteiger partial charge >= 0.3 is 0 Å². The van der Waals surface area contributed by atoms with Gasteiger partial charge in [0.2, 0.25) is 21.7 Å². The molecule has 0 fully saturated rings. The van der Waals surface area contributed by atoms with Crippen LogP contribution in [0.1, 0.15) is 31.3 Å². The second kappa shape index (κ2) is 8.05. The summed E-state index contributed by atoms with van der Waals surface area (Å²) in [5.41, 5.74) is 0.768. The first-order chi connectivity index (χ1) is 13.7. The van der Waals surface area contributed by atoms with Crippen molar-refractivity contribution in [1.82, 2.24) is 19.8 Å². The highest BCUT2D eigenvalue weighted by molar-refractivity contribution is 7.89. The number of nitro groups is 1. The Morgan fingerprint density at radius 3 is 2.45 bits per heavy atom. The number of sulfonamides is 1. The molecule has 0 aliphatic carbocycles. The van der Waals surface area contributed by atoms with Gasteiger partial charge in [0.25, 0.3) is 5.69 Å². The molecule has 0 radical (unpaired) electrons. The molecule has 152 valence electrons. The number of nitrogens with zero attached hydrogens (tertiary/aromatic N) is 4. The molecule has 0 aliphatic heterocycles. The molecule has 2 aromatic heterocycles. The van der Waals surface area contributed by atoms with E-state index in [9.17, 15) is 18.5 Å². The van der Waals surface area contributed by atoms with E-state index in [0.717, 1.165) is 6.07 Å². The Morgan fingerprint density at radius 2 is 1.86 bits per heavy atom. The first-order valence-corrected chi connectivity index (χ1v) is 10.2. The molecule has 0 bridgehead atoms. The molecule has 1 aromatic carbocycles. The average Bonchev–Trinajstić information content (AvgIpc) is 3.16. The zero-order chi connectivity index (χ0) is 21.2. The van der Waals surface area contributed by atoms with Gasteiger partial charge in [0.05, 0.1) is 9.82 Å². The van der Waals surface area contributed by atoms with Crippen LogP contribution >= 0.6 is 0 Å². The molecule has 0 amide bonds. The van der Waals surface area contributed by atoms with Crippen molar-refractivity contribution in [2.45, 2.75) is 31.7 Å². The van der Waals surface area contributed by atoms with Gasteiger partial charge in [0, 0.05) is 30.1 Å². The lowest BCUT2D eigenvalue weighted by molar-refractivity contribution is -0.385. The number of aryl methyl sites for hydroxylation is 1. The lowest BCUT2D eigenvalue weighted by Gasteiger charge is -2.19. The van der Waals surface area contributed by atoms with Crippen molar-refractivity contribution < 1.29 is 17.9 Å². The first-order valence-electron chi connectivity index (χ1n) is 8.70. The summed E-state index contributed by atoms with van der Waals surface area (Å²) in [4.78, 5) is 18.5. The smallest absolute Gasteiger partial charge is 0.269 e. The van der Waals surface area contributed by atoms with Crippen LogP contribution in [0.15, 0.2) is 52.1 Å². The van der Waals surface area contributed by atoms with Gasteiger partial charge in [0.15, 0.2) is 0 Å². The summed E-state index contributed by atoms with van der Waals surface area (Å²) in [5.74, 6) is 0.239. The number of nitro benzene ring substituents is 1. The molecule has 3 rings (SSSR count). The van der Waals surface area contributed by atoms with E-state index in [-0.39, 0.29) is 28.0 Å². The largest absolute Gasteiger partial charge is 0.337 e. The Balaban J connectivity index is 1.91. The molecule has 0 aliphatic rings. The van der Waals surface area contributed by atoms with Crippen molar-refractivity contribution in [3.05, 3.63) is 64.3 Å². The van der Waals surface area contributed by atoms with E-state index >= 15 is 0 Å². The molecule has 11 heteroatoms. The number of aromatic nitrogens is 3. The molecule has 2 heterocycles. The van der Waals surface area contributed by atoms with Gasteiger partial charge in [0.1, 0.15) is 6.04 Å². The van der Waals surface area contributed by atoms with Gasteiger partial charge in [-0.15, -0.1) is 0 Å². The summed E-state index contributed by atoms with van der Waals surface area (Å²) in [6.45, 7) is 5.12. The quantitative estimate of drug-likeness (QED) is 0.457. The van der Waals surface area contributed by atoms with E-state index < -0.39 is 21.0 Å². The van der Waals surface area contributed by atoms with Gasteiger partial charge < -0.3 is 4.52 Å². The second-order valence-corrected chi connectivity index (χ2v) is 8.42. The third-order valence-electron chi connectivity index (χ3n) is 4.25. The highest BCUT2D eigenvalue weighted by atomic mass is 32.2. The molecule has 1 N–H and O–H groups in total. The topological polar surface area (TPSA) is 141 Å². The van der Waals surface area contributed by atoms with E-state index in [2.05, 4.69) is 19.8 Å². The molecule has 10 nitrogen and oxygen atoms in total. The minimum absolute atomic E-state index is 0.0531. The van der Waals surface area contributed by atoms with Crippen LogP contribution < -0.4 is 4.72 Å². The normalized spacial score (nSPS) is 12.8. The van der Waals surface area contributed by atoms with Crippen molar-refractivity contribution >= 4 is 15.7 Å². The zero-order valence-electron chi connectivity index (χ0n) is 15.9. The molecule has 0 spiro atoms. The highest BCUT2D eigenvalue weighted by Crippen LogP contribution is 2.27. The van der Waals surface area contributed by atoms with Gasteiger partial charge in [-0.25, -0.2) is 8.42 Å². The summed E-state index contributed by atoms with van der Waals surface area (Å²) >= 11 is 0. The number of hydrogen-bond donors (Lipinski definition) is 1. The fourth-order valence-corrected chi connectivity index (χ4v) is 4.29. The molecule has 29 heavy (non-hydrogen) atoms. The van der Waals surface area contributed by atoms with Gasteiger partial charge in [-0.05, 0) is 36.6 Å². The number of hydrogen-bond acceptors (Lipinski definition) is 8. The maximum absolute atomic E-state index is 12.9. The monoisotopic (exact) mass is 417 g/mol. The van der Waals surface area contributed by atoms with Crippen LogP contribution in [-0.4, -0.2) is 28.5 Å². The molecular weight excluding hydrogens is 398 g/mol. The Bertz CT molecular complexity index is 1130. The predicted octanol–water partition coefficient (Wildman–Crippen LogP) is 3.02. The fourth-order valence-electron chi connectivity index (χ4n) is 2.73. The third-order valence-corrected chi connectivity index (χ3v) is 5.86. The fraction of sp³-hybridized carbons (Fsp3) is 0.278. The summed E-state index contributed by atoms with van der Waals surface area (Å²) in [5, 5.41) is 14.8. The maximum Gasteiger partial charge on any atom is 0.269 e. The van der Waals surface area contributed by atoms with Crippen LogP contribution in [0.25, 0.3) is 11.4 Å². The summed E-state index contributed by atoms with van der Waals surface area (Å²) in [6.07, 6.45) is 3.18. The maximum atomic E-state index is 12.9. The lowest BCUT2D eigenvalue weighted by atomic mass is 10.1. The molecular formula is C18H19N5O5S. The highest BCUT2D eigenvalue weighted by Gasteiger charge is 2.30. The van der Waals surface area contributed by atoms with Crippen LogP contribution in [0.4, 0.5) is 5.69 Å². The summed E-state index contributed by atoms with van der Waals surface area (Å²) in [7, 11) is -3.99. The van der Waals surface area contributed by atoms with E-state index in [1.807, 2.05) is 13.8 Å². The van der Waals surface area contributed by atoms with Crippen LogP contribution in [-0.2, 0) is 10.0 Å². The van der Waals surface area contributed by atoms with E-state index in [4.69, 9.17) is 4.52 Å². The van der Waals surface area contributed by atoms with Crippen LogP contribution in [0.3, 0.4) is 0 Å². The SMILES string of the molecule is Cc1cc([N+](=O)[O-])ccc1S(=O)(=O)NC(c1nc(-c2ccncc2)no1)C(C)C. The van der Waals surface area contributed by atoms with Crippen molar-refractivity contribution in [2.75, 3.05) is 0 Å². The molecule has 1 unspecified atom stereocenters. The van der Waals surface area contributed by atoms with E-state index in [0.29, 0.717) is 11.4 Å². The van der Waals surface area contributed by atoms with Gasteiger partial charge in [-0.1, -0.05) is 19.0 Å².